The number of hydrogen-bond acceptors (Lipinski definition) is 3. The van der Waals surface area contributed by atoms with Gasteiger partial charge < -0.3 is 4.57 Å². The first-order valence-electron chi connectivity index (χ1n) is 8.65. The Labute approximate surface area is 160 Å². The van der Waals surface area contributed by atoms with Crippen LogP contribution in [-0.4, -0.2) is 42.7 Å². The normalized spacial score (nSPS) is 12.7. The Bertz CT molecular complexity index is 1270. The van der Waals surface area contributed by atoms with E-state index in [2.05, 4.69) is 10.1 Å². The lowest BCUT2D eigenvalue weighted by molar-refractivity contribution is -0.141. The molecule has 3 heterocycles. The van der Waals surface area contributed by atoms with Crippen LogP contribution >= 0.6 is 0 Å². The van der Waals surface area contributed by atoms with Gasteiger partial charge in [-0.05, 0) is 29.5 Å². The van der Waals surface area contributed by atoms with Crippen LogP contribution in [0.2, 0.25) is 0 Å². The van der Waals surface area contributed by atoms with E-state index in [-0.39, 0.29) is 11.1 Å². The fourth-order valence-electron chi connectivity index (χ4n) is 3.31. The van der Waals surface area contributed by atoms with Crippen molar-refractivity contribution in [2.45, 2.75) is 11.4 Å². The fourth-order valence-corrected chi connectivity index (χ4v) is 3.31. The number of hydrogen-bond donors (Lipinski definition) is 0. The lowest BCUT2D eigenvalue weighted by Gasteiger charge is -2.24. The summed E-state index contributed by atoms with van der Waals surface area (Å²) in [5.41, 5.74) is 0.563. The van der Waals surface area contributed by atoms with Gasteiger partial charge in [0.15, 0.2) is 0 Å². The molecule has 0 amide bonds. The largest absolute Gasteiger partial charge is 0.433 e. The number of para-hydroxylation sites is 1. The summed E-state index contributed by atoms with van der Waals surface area (Å²) in [5.74, 6) is 0. The van der Waals surface area contributed by atoms with E-state index >= 15 is 0 Å². The summed E-state index contributed by atoms with van der Waals surface area (Å²) in [6.45, 7) is 0. The quantitative estimate of drug-likeness (QED) is 0.467. The second-order valence-electron chi connectivity index (χ2n) is 7.56. The minimum atomic E-state index is -4.55. The van der Waals surface area contributed by atoms with Crippen molar-refractivity contribution in [2.24, 2.45) is 0 Å². The SMILES string of the molecule is BC(B)(B)n1c(=O)c2ccccc2n2nc(-c3ccnc(C(F)(F)F)c3)cc12. The predicted molar refractivity (Wildman–Crippen MR) is 109 cm³/mol. The third kappa shape index (κ3) is 2.91. The number of aromatic nitrogens is 4. The molecule has 0 atom stereocenters. The zero-order valence-corrected chi connectivity index (χ0v) is 15.4. The number of rotatable bonds is 2. The molecule has 0 radical (unpaired) electrons. The molecule has 5 nitrogen and oxygen atoms in total. The maximum atomic E-state index is 13.1. The van der Waals surface area contributed by atoms with Crippen LogP contribution in [-0.2, 0) is 11.4 Å². The molecule has 0 unspecified atom stereocenters. The third-order valence-electron chi connectivity index (χ3n) is 4.50. The Morgan fingerprint density at radius 3 is 2.39 bits per heavy atom. The molecule has 28 heavy (non-hydrogen) atoms. The molecule has 138 valence electrons. The summed E-state index contributed by atoms with van der Waals surface area (Å²) in [6.07, 6.45) is -3.44. The predicted octanol–water partition coefficient (Wildman–Crippen LogP) is 0.197. The lowest BCUT2D eigenvalue weighted by atomic mass is 9.49. The van der Waals surface area contributed by atoms with Gasteiger partial charge in [-0.1, -0.05) is 12.1 Å². The molecule has 0 bridgehead atoms. The number of pyridine rings is 1. The second kappa shape index (κ2) is 6.02. The highest BCUT2D eigenvalue weighted by atomic mass is 19.4. The molecule has 4 rings (SSSR count). The van der Waals surface area contributed by atoms with Gasteiger partial charge in [0.2, 0.25) is 0 Å². The number of nitrogens with zero attached hydrogens (tertiary/aromatic N) is 4. The highest BCUT2D eigenvalue weighted by molar-refractivity contribution is 6.56. The molecule has 0 N–H and O–H groups in total. The van der Waals surface area contributed by atoms with Gasteiger partial charge >= 0.3 is 6.18 Å². The molecule has 3 aromatic heterocycles. The molecule has 4 aromatic rings. The number of benzene rings is 1. The first-order valence-corrected chi connectivity index (χ1v) is 8.65. The summed E-state index contributed by atoms with van der Waals surface area (Å²) >= 11 is 0. The summed E-state index contributed by atoms with van der Waals surface area (Å²) < 4.78 is 42.3. The molecule has 0 fully saturated rings. The van der Waals surface area contributed by atoms with E-state index in [1.54, 1.807) is 39.4 Å². The topological polar surface area (TPSA) is 52.2 Å². The van der Waals surface area contributed by atoms with Crippen LogP contribution in [0.3, 0.4) is 0 Å². The zero-order valence-electron chi connectivity index (χ0n) is 15.4. The minimum absolute atomic E-state index is 0.173. The van der Waals surface area contributed by atoms with Crippen LogP contribution in [0.4, 0.5) is 13.2 Å². The highest BCUT2D eigenvalue weighted by Gasteiger charge is 2.32. The zero-order chi connectivity index (χ0) is 20.3. The summed E-state index contributed by atoms with van der Waals surface area (Å²) in [7, 11) is 5.68. The van der Waals surface area contributed by atoms with Crippen LogP contribution in [0.1, 0.15) is 5.69 Å². The maximum absolute atomic E-state index is 13.1. The van der Waals surface area contributed by atoms with Crippen LogP contribution < -0.4 is 5.56 Å². The van der Waals surface area contributed by atoms with Gasteiger partial charge in [-0.3, -0.25) is 9.78 Å². The molecule has 11 heteroatoms. The van der Waals surface area contributed by atoms with Crippen molar-refractivity contribution in [1.29, 1.82) is 0 Å². The molecule has 0 spiro atoms. The van der Waals surface area contributed by atoms with Crippen LogP contribution in [0.5, 0.6) is 0 Å². The Morgan fingerprint density at radius 1 is 1.00 bits per heavy atom. The van der Waals surface area contributed by atoms with Crippen LogP contribution in [0.15, 0.2) is 53.5 Å². The van der Waals surface area contributed by atoms with Crippen LogP contribution in [0, 0.1) is 0 Å². The van der Waals surface area contributed by atoms with Crippen molar-refractivity contribution in [1.82, 2.24) is 19.2 Å². The number of fused-ring (bicyclic) bond motifs is 3. The molecule has 0 aliphatic carbocycles. The van der Waals surface area contributed by atoms with E-state index in [0.29, 0.717) is 22.2 Å². The Balaban J connectivity index is 2.07. The van der Waals surface area contributed by atoms with E-state index in [1.807, 2.05) is 23.5 Å². The standard InChI is InChI=1S/C17H14B3F3N4O/c18-17(19,20)26-14-8-11(9-5-6-24-13(7-9)16(21,22)23)25-27(14)12-4-2-1-3-10(12)15(26)28/h1-8H,18-20H2. The summed E-state index contributed by atoms with van der Waals surface area (Å²) in [5, 5.41) is 4.46. The van der Waals surface area contributed by atoms with Gasteiger partial charge in [0, 0.05) is 17.8 Å². The van der Waals surface area contributed by atoms with E-state index in [0.717, 1.165) is 12.3 Å². The van der Waals surface area contributed by atoms with Crippen molar-refractivity contribution in [2.75, 3.05) is 0 Å². The molecule has 0 aliphatic heterocycles. The average Bonchev–Trinajstić information content (AvgIpc) is 3.05. The highest BCUT2D eigenvalue weighted by Crippen LogP contribution is 2.31. The van der Waals surface area contributed by atoms with Gasteiger partial charge in [-0.25, -0.2) is 4.52 Å². The first-order chi connectivity index (χ1) is 13.1. The molecular weight excluding hydrogens is 366 g/mol. The third-order valence-corrected chi connectivity index (χ3v) is 4.50. The number of halogens is 3. The minimum Gasteiger partial charge on any atom is -0.311 e. The van der Waals surface area contributed by atoms with Gasteiger partial charge in [-0.15, -0.1) is 0 Å². The Hall–Kier alpha value is -2.97. The Morgan fingerprint density at radius 2 is 1.71 bits per heavy atom. The number of alkyl halides is 3. The molecule has 0 aliphatic rings. The van der Waals surface area contributed by atoms with E-state index in [1.165, 1.54) is 6.07 Å². The van der Waals surface area contributed by atoms with Gasteiger partial charge in [0.25, 0.3) is 5.56 Å². The molecular formula is C17H14B3F3N4O. The monoisotopic (exact) mass is 380 g/mol. The van der Waals surface area contributed by atoms with Crippen molar-refractivity contribution in [3.8, 4) is 11.3 Å². The molecule has 0 saturated carbocycles. The second-order valence-corrected chi connectivity index (χ2v) is 7.56. The van der Waals surface area contributed by atoms with Crippen molar-refractivity contribution in [3.63, 3.8) is 0 Å². The van der Waals surface area contributed by atoms with Gasteiger partial charge in [-0.2, -0.15) is 18.3 Å². The summed E-state index contributed by atoms with van der Waals surface area (Å²) in [6, 6.07) is 11.1. The first kappa shape index (κ1) is 18.4. The van der Waals surface area contributed by atoms with Gasteiger partial charge in [0.05, 0.1) is 16.6 Å². The summed E-state index contributed by atoms with van der Waals surface area (Å²) in [4.78, 5) is 16.5. The maximum Gasteiger partial charge on any atom is 0.433 e. The van der Waals surface area contributed by atoms with Crippen LogP contribution in [0.25, 0.3) is 27.8 Å². The van der Waals surface area contributed by atoms with E-state index in [4.69, 9.17) is 0 Å². The fraction of sp³-hybridized carbons (Fsp3) is 0.118. The Kier molecular flexibility index (Phi) is 3.95. The average molecular weight is 380 g/mol. The lowest BCUT2D eigenvalue weighted by Crippen LogP contribution is -2.43. The van der Waals surface area contributed by atoms with Crippen molar-refractivity contribution >= 4 is 40.1 Å². The van der Waals surface area contributed by atoms with E-state index < -0.39 is 17.1 Å². The van der Waals surface area contributed by atoms with E-state index in [9.17, 15) is 18.0 Å². The van der Waals surface area contributed by atoms with Crippen molar-refractivity contribution < 1.29 is 13.2 Å². The van der Waals surface area contributed by atoms with Gasteiger partial charge in [0.1, 0.15) is 34.9 Å². The van der Waals surface area contributed by atoms with Crippen molar-refractivity contribution in [3.05, 3.63) is 64.7 Å². The molecule has 0 saturated heterocycles. The smallest absolute Gasteiger partial charge is 0.311 e. The molecule has 1 aromatic carbocycles.